The molecule has 1 heteroatoms. The zero-order chi connectivity index (χ0) is 15.3. The smallest absolute Gasteiger partial charge is 0.136 e. The molecule has 0 aromatic heterocycles. The first-order valence-electron chi connectivity index (χ1n) is 9.47. The van der Waals surface area contributed by atoms with Crippen LogP contribution in [0.3, 0.4) is 0 Å². The van der Waals surface area contributed by atoms with Crippen molar-refractivity contribution >= 4 is 5.78 Å². The van der Waals surface area contributed by atoms with Gasteiger partial charge >= 0.3 is 0 Å². The number of carbonyl (C=O) groups is 1. The molecule has 0 spiro atoms. The first kappa shape index (κ1) is 17.0. The van der Waals surface area contributed by atoms with Gasteiger partial charge in [0.25, 0.3) is 0 Å². The molecule has 0 aliphatic heterocycles. The molecule has 0 N–H and O–H groups in total. The summed E-state index contributed by atoms with van der Waals surface area (Å²) in [5.41, 5.74) is 0.151. The summed E-state index contributed by atoms with van der Waals surface area (Å²) < 4.78 is 0. The lowest BCUT2D eigenvalue weighted by Crippen LogP contribution is -2.23. The number of rotatable bonds is 7. The monoisotopic (exact) mass is 292 g/mol. The quantitative estimate of drug-likeness (QED) is 0.549. The summed E-state index contributed by atoms with van der Waals surface area (Å²) in [5.74, 6) is 2.71. The largest absolute Gasteiger partial charge is 0.299 e. The van der Waals surface area contributed by atoms with E-state index >= 15 is 0 Å². The highest BCUT2D eigenvalue weighted by Crippen LogP contribution is 2.36. The van der Waals surface area contributed by atoms with E-state index in [9.17, 15) is 4.79 Å². The average molecular weight is 293 g/mol. The summed E-state index contributed by atoms with van der Waals surface area (Å²) in [6.07, 6.45) is 15.7. The van der Waals surface area contributed by atoms with Crippen molar-refractivity contribution in [3.05, 3.63) is 0 Å². The number of ketones is 1. The summed E-state index contributed by atoms with van der Waals surface area (Å²) in [5, 5.41) is 0. The van der Waals surface area contributed by atoms with Crippen molar-refractivity contribution in [2.24, 2.45) is 23.2 Å². The second-order valence-corrected chi connectivity index (χ2v) is 9.01. The molecule has 122 valence electrons. The third kappa shape index (κ3) is 6.12. The van der Waals surface area contributed by atoms with Gasteiger partial charge in [-0.25, -0.2) is 0 Å². The van der Waals surface area contributed by atoms with Gasteiger partial charge in [-0.1, -0.05) is 72.1 Å². The van der Waals surface area contributed by atoms with E-state index < -0.39 is 0 Å². The Morgan fingerprint density at radius 2 is 1.48 bits per heavy atom. The van der Waals surface area contributed by atoms with Gasteiger partial charge in [0.05, 0.1) is 0 Å². The summed E-state index contributed by atoms with van der Waals surface area (Å²) in [6, 6.07) is 0. The molecule has 0 bridgehead atoms. The van der Waals surface area contributed by atoms with E-state index in [2.05, 4.69) is 20.8 Å². The summed E-state index contributed by atoms with van der Waals surface area (Å²) in [4.78, 5) is 12.8. The Balaban J connectivity index is 1.86. The summed E-state index contributed by atoms with van der Waals surface area (Å²) in [7, 11) is 0. The minimum Gasteiger partial charge on any atom is -0.299 e. The molecule has 0 aromatic carbocycles. The third-order valence-electron chi connectivity index (χ3n) is 5.65. The second kappa shape index (κ2) is 7.79. The SMILES string of the molecule is CC(C)(C)CC(=O)C(CCC1CCCC1)CC1CCCC1. The maximum atomic E-state index is 12.8. The van der Waals surface area contributed by atoms with E-state index in [4.69, 9.17) is 0 Å². The van der Waals surface area contributed by atoms with Gasteiger partial charge in [0.2, 0.25) is 0 Å². The van der Waals surface area contributed by atoms with Crippen LogP contribution >= 0.6 is 0 Å². The fourth-order valence-corrected chi connectivity index (χ4v) is 4.46. The highest BCUT2D eigenvalue weighted by molar-refractivity contribution is 5.81. The van der Waals surface area contributed by atoms with Gasteiger partial charge in [-0.15, -0.1) is 0 Å². The molecule has 0 aromatic rings. The van der Waals surface area contributed by atoms with Crippen LogP contribution in [0.2, 0.25) is 0 Å². The van der Waals surface area contributed by atoms with Gasteiger partial charge in [-0.2, -0.15) is 0 Å². The molecule has 0 amide bonds. The lowest BCUT2D eigenvalue weighted by atomic mass is 9.79. The topological polar surface area (TPSA) is 17.1 Å². The number of hydrogen-bond donors (Lipinski definition) is 0. The Morgan fingerprint density at radius 1 is 0.952 bits per heavy atom. The zero-order valence-electron chi connectivity index (χ0n) is 14.6. The lowest BCUT2D eigenvalue weighted by molar-refractivity contribution is -0.125. The van der Waals surface area contributed by atoms with Crippen LogP contribution in [-0.2, 0) is 4.79 Å². The Morgan fingerprint density at radius 3 is 2.00 bits per heavy atom. The minimum absolute atomic E-state index is 0.151. The van der Waals surface area contributed by atoms with Gasteiger partial charge in [-0.3, -0.25) is 4.79 Å². The van der Waals surface area contributed by atoms with Crippen molar-refractivity contribution in [3.8, 4) is 0 Å². The highest BCUT2D eigenvalue weighted by atomic mass is 16.1. The molecule has 2 rings (SSSR count). The van der Waals surface area contributed by atoms with Crippen molar-refractivity contribution in [1.82, 2.24) is 0 Å². The van der Waals surface area contributed by atoms with Gasteiger partial charge in [0.15, 0.2) is 0 Å². The van der Waals surface area contributed by atoms with Gasteiger partial charge in [0, 0.05) is 12.3 Å². The predicted octanol–water partition coefficient (Wildman–Crippen LogP) is 6.16. The van der Waals surface area contributed by atoms with Crippen molar-refractivity contribution in [2.45, 2.75) is 97.8 Å². The lowest BCUT2D eigenvalue weighted by Gasteiger charge is -2.25. The van der Waals surface area contributed by atoms with E-state index in [-0.39, 0.29) is 5.41 Å². The van der Waals surface area contributed by atoms with Crippen LogP contribution in [0.15, 0.2) is 0 Å². The molecule has 1 unspecified atom stereocenters. The van der Waals surface area contributed by atoms with Crippen LogP contribution < -0.4 is 0 Å². The summed E-state index contributed by atoms with van der Waals surface area (Å²) >= 11 is 0. The van der Waals surface area contributed by atoms with E-state index in [0.29, 0.717) is 11.7 Å². The van der Waals surface area contributed by atoms with Crippen LogP contribution in [-0.4, -0.2) is 5.78 Å². The molecule has 2 fully saturated rings. The molecule has 0 heterocycles. The van der Waals surface area contributed by atoms with Crippen LogP contribution in [0.25, 0.3) is 0 Å². The van der Waals surface area contributed by atoms with Crippen LogP contribution in [0.5, 0.6) is 0 Å². The van der Waals surface area contributed by atoms with Crippen molar-refractivity contribution in [2.75, 3.05) is 0 Å². The number of Topliss-reactive ketones (excluding diaryl/α,β-unsaturated/α-hetero) is 1. The van der Waals surface area contributed by atoms with Crippen LogP contribution in [0.1, 0.15) is 97.8 Å². The maximum absolute atomic E-state index is 12.8. The second-order valence-electron chi connectivity index (χ2n) is 9.01. The normalized spacial score (nSPS) is 22.8. The minimum atomic E-state index is 0.151. The highest BCUT2D eigenvalue weighted by Gasteiger charge is 2.28. The van der Waals surface area contributed by atoms with Gasteiger partial charge in [0.1, 0.15) is 5.78 Å². The fraction of sp³-hybridized carbons (Fsp3) is 0.950. The molecule has 2 aliphatic rings. The molecule has 2 aliphatic carbocycles. The first-order valence-corrected chi connectivity index (χ1v) is 9.47. The Kier molecular flexibility index (Phi) is 6.32. The fourth-order valence-electron chi connectivity index (χ4n) is 4.46. The van der Waals surface area contributed by atoms with Crippen LogP contribution in [0, 0.1) is 23.2 Å². The molecular weight excluding hydrogens is 256 g/mol. The molecule has 0 radical (unpaired) electrons. The number of carbonyl (C=O) groups excluding carboxylic acids is 1. The number of hydrogen-bond acceptors (Lipinski definition) is 1. The maximum Gasteiger partial charge on any atom is 0.136 e. The zero-order valence-corrected chi connectivity index (χ0v) is 14.6. The Bertz CT molecular complexity index is 313. The third-order valence-corrected chi connectivity index (χ3v) is 5.65. The summed E-state index contributed by atoms with van der Waals surface area (Å²) in [6.45, 7) is 6.61. The van der Waals surface area contributed by atoms with Crippen molar-refractivity contribution < 1.29 is 4.79 Å². The molecule has 2 saturated carbocycles. The molecule has 1 nitrogen and oxygen atoms in total. The first-order chi connectivity index (χ1) is 9.94. The van der Waals surface area contributed by atoms with E-state index in [1.165, 1.54) is 70.6 Å². The molecule has 0 saturated heterocycles. The van der Waals surface area contributed by atoms with Crippen molar-refractivity contribution in [3.63, 3.8) is 0 Å². The van der Waals surface area contributed by atoms with Gasteiger partial charge in [-0.05, 0) is 36.5 Å². The average Bonchev–Trinajstić information content (AvgIpc) is 3.05. The van der Waals surface area contributed by atoms with E-state index in [0.717, 1.165) is 18.3 Å². The standard InChI is InChI=1S/C20H36O/c1-20(2,3)15-19(21)18(14-17-10-6-7-11-17)13-12-16-8-4-5-9-16/h16-18H,4-15H2,1-3H3. The molecule has 1 atom stereocenters. The van der Waals surface area contributed by atoms with E-state index in [1.54, 1.807) is 0 Å². The van der Waals surface area contributed by atoms with Gasteiger partial charge < -0.3 is 0 Å². The Labute approximate surface area is 132 Å². The van der Waals surface area contributed by atoms with E-state index in [1.807, 2.05) is 0 Å². The van der Waals surface area contributed by atoms with Crippen molar-refractivity contribution in [1.29, 1.82) is 0 Å². The Hall–Kier alpha value is -0.330. The predicted molar refractivity (Wildman–Crippen MR) is 90.3 cm³/mol. The van der Waals surface area contributed by atoms with Crippen LogP contribution in [0.4, 0.5) is 0 Å². The molecular formula is C20H36O. The molecule has 21 heavy (non-hydrogen) atoms.